The van der Waals surface area contributed by atoms with Gasteiger partial charge in [-0.3, -0.25) is 14.7 Å². The van der Waals surface area contributed by atoms with E-state index in [9.17, 15) is 14.3 Å². The Morgan fingerprint density at radius 2 is 2.09 bits per heavy atom. The van der Waals surface area contributed by atoms with Crippen molar-refractivity contribution in [2.45, 2.75) is 43.2 Å². The Morgan fingerprint density at radius 1 is 1.34 bits per heavy atom. The van der Waals surface area contributed by atoms with Crippen LogP contribution in [0.4, 0.5) is 8.78 Å². The van der Waals surface area contributed by atoms with E-state index in [-0.39, 0.29) is 47.8 Å². The molecule has 1 aromatic heterocycles. The molecule has 1 aliphatic heterocycles. The van der Waals surface area contributed by atoms with Crippen molar-refractivity contribution in [3.63, 3.8) is 0 Å². The lowest BCUT2D eigenvalue weighted by Crippen LogP contribution is -2.64. The maximum atomic E-state index is 16.1. The van der Waals surface area contributed by atoms with Crippen LogP contribution in [-0.2, 0) is 27.3 Å². The molecular formula is C23H26ClF2N3O3. The molecule has 2 aromatic rings. The number of hydrogen-bond donors (Lipinski definition) is 2. The summed E-state index contributed by atoms with van der Waals surface area (Å²) in [6.45, 7) is 3.51. The zero-order chi connectivity index (χ0) is 23.1. The topological polar surface area (TPSA) is 74.7 Å². The second-order valence-corrected chi connectivity index (χ2v) is 9.36. The van der Waals surface area contributed by atoms with Crippen molar-refractivity contribution in [1.82, 2.24) is 15.2 Å². The molecule has 2 heterocycles. The lowest BCUT2D eigenvalue weighted by Gasteiger charge is -2.50. The number of rotatable bonds is 6. The van der Waals surface area contributed by atoms with Gasteiger partial charge in [-0.05, 0) is 43.5 Å². The van der Waals surface area contributed by atoms with Crippen LogP contribution in [0.5, 0.6) is 0 Å². The second kappa shape index (κ2) is 8.33. The molecule has 2 N–H and O–H groups in total. The molecule has 0 unspecified atom stereocenters. The van der Waals surface area contributed by atoms with Crippen molar-refractivity contribution in [3.05, 3.63) is 64.2 Å². The zero-order valence-electron chi connectivity index (χ0n) is 18.0. The van der Waals surface area contributed by atoms with Crippen LogP contribution in [0.3, 0.4) is 0 Å². The quantitative estimate of drug-likeness (QED) is 0.686. The van der Waals surface area contributed by atoms with Gasteiger partial charge in [0, 0.05) is 50.1 Å². The predicted molar refractivity (Wildman–Crippen MR) is 115 cm³/mol. The molecule has 0 spiro atoms. The minimum atomic E-state index is -2.35. The van der Waals surface area contributed by atoms with Crippen LogP contribution in [0.2, 0.25) is 5.02 Å². The molecule has 172 valence electrons. The van der Waals surface area contributed by atoms with Gasteiger partial charge in [0.15, 0.2) is 0 Å². The van der Waals surface area contributed by atoms with E-state index in [1.807, 2.05) is 11.8 Å². The summed E-state index contributed by atoms with van der Waals surface area (Å²) in [7, 11) is 1.65. The van der Waals surface area contributed by atoms with Gasteiger partial charge in [-0.1, -0.05) is 23.7 Å². The first-order valence-corrected chi connectivity index (χ1v) is 10.8. The Hall–Kier alpha value is -2.13. The summed E-state index contributed by atoms with van der Waals surface area (Å²) in [5, 5.41) is 14.1. The van der Waals surface area contributed by atoms with Gasteiger partial charge in [0.1, 0.15) is 11.4 Å². The van der Waals surface area contributed by atoms with Gasteiger partial charge in [-0.15, -0.1) is 0 Å². The monoisotopic (exact) mass is 465 g/mol. The number of benzene rings is 1. The number of carbonyl (C=O) groups is 1. The van der Waals surface area contributed by atoms with Crippen molar-refractivity contribution in [2.75, 3.05) is 26.7 Å². The molecular weight excluding hydrogens is 440 g/mol. The van der Waals surface area contributed by atoms with E-state index in [2.05, 4.69) is 10.3 Å². The molecule has 0 saturated carbocycles. The van der Waals surface area contributed by atoms with E-state index in [0.29, 0.717) is 18.7 Å². The molecule has 32 heavy (non-hydrogen) atoms. The Morgan fingerprint density at radius 3 is 2.78 bits per heavy atom. The Kier molecular flexibility index (Phi) is 6.00. The van der Waals surface area contributed by atoms with Crippen LogP contribution >= 0.6 is 11.6 Å². The second-order valence-electron chi connectivity index (χ2n) is 8.95. The maximum absolute atomic E-state index is 16.1. The number of pyridine rings is 1. The number of β-amino-alcohol motifs (C(OH)–C–C–N with tert-alkyl or cyclic N) is 1. The van der Waals surface area contributed by atoms with E-state index in [1.54, 1.807) is 13.2 Å². The molecule has 9 heteroatoms. The number of alkyl halides is 1. The number of aliphatic hydroxyl groups is 1. The number of likely N-dealkylation sites (tertiary alicyclic amines) is 1. The van der Waals surface area contributed by atoms with Gasteiger partial charge in [0.05, 0.1) is 11.3 Å². The number of nitrogens with zero attached hydrogens (tertiary/aromatic N) is 2. The van der Waals surface area contributed by atoms with Crippen LogP contribution in [0.1, 0.15) is 36.6 Å². The van der Waals surface area contributed by atoms with Crippen molar-refractivity contribution < 1.29 is 23.4 Å². The highest BCUT2D eigenvalue weighted by Gasteiger charge is 2.53. The Bertz CT molecular complexity index is 1030. The normalized spacial score (nSPS) is 26.8. The molecule has 1 amide bonds. The van der Waals surface area contributed by atoms with E-state index >= 15 is 4.39 Å². The fourth-order valence-electron chi connectivity index (χ4n) is 4.61. The molecule has 6 nitrogen and oxygen atoms in total. The molecule has 2 atom stereocenters. The number of halogens is 3. The largest absolute Gasteiger partial charge is 0.382 e. The van der Waals surface area contributed by atoms with Gasteiger partial charge < -0.3 is 15.2 Å². The average Bonchev–Trinajstić information content (AvgIpc) is 2.75. The lowest BCUT2D eigenvalue weighted by atomic mass is 9.73. The lowest BCUT2D eigenvalue weighted by molar-refractivity contribution is -0.147. The SMILES string of the molecule is COC1(C)CN(C[C@]2(O)CC[C@@](F)(C(=O)NCc3ccc(F)cc3Cl)c3cccnc32)C1. The third kappa shape index (κ3) is 4.12. The molecule has 1 saturated heterocycles. The summed E-state index contributed by atoms with van der Waals surface area (Å²) < 4.78 is 34.8. The van der Waals surface area contributed by atoms with Gasteiger partial charge in [0.2, 0.25) is 5.67 Å². The third-order valence-corrected chi connectivity index (χ3v) is 6.82. The summed E-state index contributed by atoms with van der Waals surface area (Å²) in [5.41, 5.74) is -3.27. The molecule has 0 bridgehead atoms. The fraction of sp³-hybridized carbons (Fsp3) is 0.478. The summed E-state index contributed by atoms with van der Waals surface area (Å²) in [6, 6.07) is 6.85. The number of ether oxygens (including phenoxy) is 1. The van der Waals surface area contributed by atoms with Crippen molar-refractivity contribution in [1.29, 1.82) is 0 Å². The Balaban J connectivity index is 1.53. The Labute approximate surface area is 190 Å². The number of fused-ring (bicyclic) bond motifs is 1. The highest BCUT2D eigenvalue weighted by molar-refractivity contribution is 6.31. The highest BCUT2D eigenvalue weighted by Crippen LogP contribution is 2.46. The standard InChI is InChI=1S/C23H26ClF2N3O3/c1-21(32-2)12-29(13-21)14-22(31)7-8-23(26,17-4-3-9-27-19(17)22)20(30)28-11-15-5-6-16(25)10-18(15)24/h3-6,9-10,31H,7-8,11-14H2,1-2H3,(H,28,30)/t22-,23+/m1/s1. The van der Waals surface area contributed by atoms with E-state index in [1.165, 1.54) is 24.4 Å². The minimum Gasteiger partial charge on any atom is -0.382 e. The van der Waals surface area contributed by atoms with E-state index in [4.69, 9.17) is 16.3 Å². The van der Waals surface area contributed by atoms with Crippen LogP contribution in [0, 0.1) is 5.82 Å². The van der Waals surface area contributed by atoms with Crippen LogP contribution in [0.25, 0.3) is 0 Å². The average molecular weight is 466 g/mol. The van der Waals surface area contributed by atoms with Crippen molar-refractivity contribution >= 4 is 17.5 Å². The first kappa shape index (κ1) is 23.0. The maximum Gasteiger partial charge on any atom is 0.262 e. The van der Waals surface area contributed by atoms with E-state index in [0.717, 1.165) is 6.07 Å². The number of carbonyl (C=O) groups excluding carboxylic acids is 1. The van der Waals surface area contributed by atoms with E-state index < -0.39 is 23.0 Å². The summed E-state index contributed by atoms with van der Waals surface area (Å²) >= 11 is 6.01. The summed E-state index contributed by atoms with van der Waals surface area (Å²) in [4.78, 5) is 19.2. The first-order valence-electron chi connectivity index (χ1n) is 10.5. The fourth-order valence-corrected chi connectivity index (χ4v) is 4.84. The number of methoxy groups -OCH3 is 1. The predicted octanol–water partition coefficient (Wildman–Crippen LogP) is 3.06. The summed E-state index contributed by atoms with van der Waals surface area (Å²) in [6.07, 6.45) is 1.33. The molecule has 1 aromatic carbocycles. The molecule has 4 rings (SSSR count). The number of amides is 1. The minimum absolute atomic E-state index is 0.0401. The summed E-state index contributed by atoms with van der Waals surface area (Å²) in [5.74, 6) is -1.34. The van der Waals surface area contributed by atoms with Crippen molar-refractivity contribution in [3.8, 4) is 0 Å². The number of aromatic nitrogens is 1. The zero-order valence-corrected chi connectivity index (χ0v) is 18.8. The van der Waals surface area contributed by atoms with Gasteiger partial charge in [-0.25, -0.2) is 8.78 Å². The van der Waals surface area contributed by atoms with Gasteiger partial charge >= 0.3 is 0 Å². The highest BCUT2D eigenvalue weighted by atomic mass is 35.5. The van der Waals surface area contributed by atoms with Gasteiger partial charge in [0.25, 0.3) is 5.91 Å². The molecule has 2 aliphatic rings. The molecule has 1 aliphatic carbocycles. The molecule has 0 radical (unpaired) electrons. The molecule has 1 fully saturated rings. The van der Waals surface area contributed by atoms with Crippen LogP contribution < -0.4 is 5.32 Å². The smallest absolute Gasteiger partial charge is 0.262 e. The third-order valence-electron chi connectivity index (χ3n) is 6.47. The van der Waals surface area contributed by atoms with Gasteiger partial charge in [-0.2, -0.15) is 0 Å². The van der Waals surface area contributed by atoms with Crippen LogP contribution in [0.15, 0.2) is 36.5 Å². The first-order chi connectivity index (χ1) is 15.1. The number of hydrogen-bond acceptors (Lipinski definition) is 5. The number of nitrogens with one attached hydrogen (secondary N) is 1. The van der Waals surface area contributed by atoms with Crippen molar-refractivity contribution in [2.24, 2.45) is 0 Å². The van der Waals surface area contributed by atoms with Crippen LogP contribution in [-0.4, -0.2) is 53.2 Å².